The lowest BCUT2D eigenvalue weighted by molar-refractivity contribution is -0.286. The highest BCUT2D eigenvalue weighted by atomic mass is 19.3. The predicted octanol–water partition coefficient (Wildman–Crippen LogP) is 1.73. The van der Waals surface area contributed by atoms with Gasteiger partial charge in [-0.2, -0.15) is 5.26 Å². The molecule has 0 aliphatic carbocycles. The third-order valence-electron chi connectivity index (χ3n) is 3.01. The van der Waals surface area contributed by atoms with E-state index in [1.165, 1.54) is 12.1 Å². The number of Topliss-reactive ketones (excluding diaryl/α,β-unsaturated/α-hetero) is 1. The number of fused-ring (bicyclic) bond motifs is 1. The Bertz CT molecular complexity index is 604. The quantitative estimate of drug-likeness (QED) is 0.763. The van der Waals surface area contributed by atoms with E-state index in [1.807, 2.05) is 6.07 Å². The zero-order valence-electron chi connectivity index (χ0n) is 9.48. The summed E-state index contributed by atoms with van der Waals surface area (Å²) in [6, 6.07) is 5.59. The number of nitriles is 1. The molecular formula is C12H7F2NO4. The van der Waals surface area contributed by atoms with Crippen LogP contribution in [0.25, 0.3) is 0 Å². The van der Waals surface area contributed by atoms with E-state index in [-0.39, 0.29) is 30.3 Å². The number of benzene rings is 1. The van der Waals surface area contributed by atoms with Gasteiger partial charge in [0, 0.05) is 5.56 Å². The molecule has 1 fully saturated rings. The van der Waals surface area contributed by atoms with Gasteiger partial charge >= 0.3 is 6.29 Å². The number of nitrogens with zero attached hydrogens (tertiary/aromatic N) is 1. The molecule has 5 nitrogen and oxygen atoms in total. The molecule has 0 amide bonds. The highest BCUT2D eigenvalue weighted by Crippen LogP contribution is 2.42. The Morgan fingerprint density at radius 1 is 1.26 bits per heavy atom. The van der Waals surface area contributed by atoms with E-state index in [2.05, 4.69) is 9.47 Å². The van der Waals surface area contributed by atoms with E-state index in [0.717, 1.165) is 6.07 Å². The second kappa shape index (κ2) is 3.65. The molecule has 2 heterocycles. The first-order valence-electron chi connectivity index (χ1n) is 5.39. The molecule has 0 N–H and O–H groups in total. The number of ether oxygens (including phenoxy) is 3. The number of halogens is 2. The van der Waals surface area contributed by atoms with Gasteiger partial charge in [-0.1, -0.05) is 0 Å². The van der Waals surface area contributed by atoms with Gasteiger partial charge in [0.15, 0.2) is 22.7 Å². The Hall–Kier alpha value is -2.20. The van der Waals surface area contributed by atoms with Crippen molar-refractivity contribution in [1.29, 1.82) is 5.26 Å². The van der Waals surface area contributed by atoms with Gasteiger partial charge < -0.3 is 14.2 Å². The highest BCUT2D eigenvalue weighted by Gasteiger charge is 2.48. The van der Waals surface area contributed by atoms with Gasteiger partial charge in [-0.25, -0.2) is 0 Å². The third kappa shape index (κ3) is 1.72. The fourth-order valence-electron chi connectivity index (χ4n) is 1.92. The van der Waals surface area contributed by atoms with E-state index in [9.17, 15) is 13.6 Å². The van der Waals surface area contributed by atoms with Crippen LogP contribution in [0.15, 0.2) is 18.2 Å². The van der Waals surface area contributed by atoms with Gasteiger partial charge in [0.2, 0.25) is 0 Å². The third-order valence-corrected chi connectivity index (χ3v) is 3.01. The Kier molecular flexibility index (Phi) is 2.28. The Balaban J connectivity index is 1.93. The van der Waals surface area contributed by atoms with Crippen molar-refractivity contribution in [3.8, 4) is 17.6 Å². The molecule has 2 aliphatic heterocycles. The van der Waals surface area contributed by atoms with E-state index < -0.39 is 17.5 Å². The Labute approximate surface area is 106 Å². The average Bonchev–Trinajstić information content (AvgIpc) is 2.60. The first-order chi connectivity index (χ1) is 8.96. The summed E-state index contributed by atoms with van der Waals surface area (Å²) >= 11 is 0. The van der Waals surface area contributed by atoms with Crippen molar-refractivity contribution in [3.05, 3.63) is 23.8 Å². The summed E-state index contributed by atoms with van der Waals surface area (Å²) in [7, 11) is 0. The Morgan fingerprint density at radius 2 is 1.95 bits per heavy atom. The van der Waals surface area contributed by atoms with E-state index >= 15 is 0 Å². The molecule has 0 atom stereocenters. The van der Waals surface area contributed by atoms with Crippen molar-refractivity contribution in [2.24, 2.45) is 5.41 Å². The first kappa shape index (κ1) is 11.9. The van der Waals surface area contributed by atoms with Crippen molar-refractivity contribution < 1.29 is 27.8 Å². The second-order valence-electron chi connectivity index (χ2n) is 4.34. The SMILES string of the molecule is N#CC1(C(=O)c2ccc3c(c2)OC(F)(F)O3)COC1. The van der Waals surface area contributed by atoms with Crippen molar-refractivity contribution in [3.63, 3.8) is 0 Å². The minimum Gasteiger partial charge on any atom is -0.395 e. The van der Waals surface area contributed by atoms with Gasteiger partial charge in [0.1, 0.15) is 0 Å². The summed E-state index contributed by atoms with van der Waals surface area (Å²) in [6.07, 6.45) is -3.73. The number of carbonyl (C=O) groups excluding carboxylic acids is 1. The van der Waals surface area contributed by atoms with Crippen LogP contribution in [0.3, 0.4) is 0 Å². The molecule has 0 bridgehead atoms. The van der Waals surface area contributed by atoms with Crippen molar-refractivity contribution in [1.82, 2.24) is 0 Å². The average molecular weight is 267 g/mol. The number of hydrogen-bond acceptors (Lipinski definition) is 5. The van der Waals surface area contributed by atoms with E-state index in [4.69, 9.17) is 10.00 Å². The summed E-state index contributed by atoms with van der Waals surface area (Å²) in [5.74, 6) is -0.829. The number of rotatable bonds is 2. The predicted molar refractivity (Wildman–Crippen MR) is 55.8 cm³/mol. The molecule has 3 rings (SSSR count). The minimum atomic E-state index is -3.73. The highest BCUT2D eigenvalue weighted by molar-refractivity contribution is 6.03. The fraction of sp³-hybridized carbons (Fsp3) is 0.333. The fourth-order valence-corrected chi connectivity index (χ4v) is 1.92. The van der Waals surface area contributed by atoms with Crippen LogP contribution in [0.4, 0.5) is 8.78 Å². The van der Waals surface area contributed by atoms with Gasteiger partial charge in [-0.05, 0) is 18.2 Å². The monoisotopic (exact) mass is 267 g/mol. The minimum absolute atomic E-state index is 0.00688. The normalized spacial score (nSPS) is 21.3. The molecular weight excluding hydrogens is 260 g/mol. The summed E-state index contributed by atoms with van der Waals surface area (Å²) in [5, 5.41) is 9.02. The molecule has 1 aromatic rings. The van der Waals surface area contributed by atoms with Gasteiger partial charge in [0.05, 0.1) is 19.3 Å². The lowest BCUT2D eigenvalue weighted by Gasteiger charge is -2.33. The van der Waals surface area contributed by atoms with Crippen LogP contribution < -0.4 is 9.47 Å². The molecule has 2 aliphatic rings. The van der Waals surface area contributed by atoms with Gasteiger partial charge in [-0.15, -0.1) is 8.78 Å². The van der Waals surface area contributed by atoms with Crippen LogP contribution in [-0.2, 0) is 4.74 Å². The standard InChI is InChI=1S/C12H7F2NO4/c13-12(14)18-8-2-1-7(3-9(8)19-12)10(16)11(4-15)5-17-6-11/h1-3H,5-6H2. The zero-order valence-corrected chi connectivity index (χ0v) is 9.48. The molecule has 0 radical (unpaired) electrons. The van der Waals surface area contributed by atoms with Crippen LogP contribution in [0, 0.1) is 16.7 Å². The van der Waals surface area contributed by atoms with Gasteiger partial charge in [-0.3, -0.25) is 4.79 Å². The number of ketones is 1. The van der Waals surface area contributed by atoms with Crippen molar-refractivity contribution >= 4 is 5.78 Å². The number of hydrogen-bond donors (Lipinski definition) is 0. The van der Waals surface area contributed by atoms with Crippen LogP contribution in [0.1, 0.15) is 10.4 Å². The summed E-state index contributed by atoms with van der Waals surface area (Å²) in [4.78, 5) is 12.2. The Morgan fingerprint density at radius 3 is 2.53 bits per heavy atom. The summed E-state index contributed by atoms with van der Waals surface area (Å²) < 4.78 is 39.1. The molecule has 1 saturated heterocycles. The van der Waals surface area contributed by atoms with Crippen LogP contribution in [0.2, 0.25) is 0 Å². The molecule has 0 saturated carbocycles. The molecule has 98 valence electrons. The topological polar surface area (TPSA) is 68.6 Å². The van der Waals surface area contributed by atoms with Crippen LogP contribution in [0.5, 0.6) is 11.5 Å². The number of carbonyl (C=O) groups is 1. The summed E-state index contributed by atoms with van der Waals surface area (Å²) in [6.45, 7) is 0.0138. The molecule has 7 heteroatoms. The lowest BCUT2D eigenvalue weighted by atomic mass is 9.80. The molecule has 1 aromatic carbocycles. The first-order valence-corrected chi connectivity index (χ1v) is 5.39. The molecule has 0 aromatic heterocycles. The maximum Gasteiger partial charge on any atom is 0.586 e. The number of alkyl halides is 2. The van der Waals surface area contributed by atoms with Crippen molar-refractivity contribution in [2.75, 3.05) is 13.2 Å². The second-order valence-corrected chi connectivity index (χ2v) is 4.34. The zero-order chi connectivity index (χ0) is 13.7. The molecule has 19 heavy (non-hydrogen) atoms. The maximum absolute atomic E-state index is 12.8. The van der Waals surface area contributed by atoms with Crippen molar-refractivity contribution in [2.45, 2.75) is 6.29 Å². The smallest absolute Gasteiger partial charge is 0.395 e. The maximum atomic E-state index is 12.8. The van der Waals surface area contributed by atoms with Crippen LogP contribution in [-0.4, -0.2) is 25.3 Å². The molecule has 0 unspecified atom stereocenters. The van der Waals surface area contributed by atoms with Crippen LogP contribution >= 0.6 is 0 Å². The summed E-state index contributed by atoms with van der Waals surface area (Å²) in [5.41, 5.74) is -1.11. The van der Waals surface area contributed by atoms with E-state index in [0.29, 0.717) is 0 Å². The van der Waals surface area contributed by atoms with E-state index in [1.54, 1.807) is 0 Å². The molecule has 0 spiro atoms. The van der Waals surface area contributed by atoms with Gasteiger partial charge in [0.25, 0.3) is 0 Å². The lowest BCUT2D eigenvalue weighted by Crippen LogP contribution is -2.47. The largest absolute Gasteiger partial charge is 0.586 e.